The summed E-state index contributed by atoms with van der Waals surface area (Å²) in [6.07, 6.45) is 0. The van der Waals surface area contributed by atoms with E-state index in [4.69, 9.17) is 9.47 Å². The molecular weight excluding hydrogens is 352 g/mol. The molecule has 3 N–H and O–H groups in total. The van der Waals surface area contributed by atoms with Crippen LogP contribution in [0.5, 0.6) is 0 Å². The van der Waals surface area contributed by atoms with Gasteiger partial charge in [-0.05, 0) is 13.8 Å². The third-order valence-corrected chi connectivity index (χ3v) is 5.98. The molecule has 1 amide bonds. The van der Waals surface area contributed by atoms with Crippen molar-refractivity contribution in [2.75, 3.05) is 46.6 Å². The lowest BCUT2D eigenvalue weighted by atomic mass is 10.1. The highest BCUT2D eigenvalue weighted by atomic mass is 32.2. The van der Waals surface area contributed by atoms with Crippen LogP contribution in [0.1, 0.15) is 11.4 Å². The molecule has 2 rings (SSSR count). The smallest absolute Gasteiger partial charge is 0.246 e. The van der Waals surface area contributed by atoms with E-state index in [1.807, 2.05) is 0 Å². The largest absolute Gasteiger partial charge is 0.384 e. The molecule has 1 saturated heterocycles. The van der Waals surface area contributed by atoms with Gasteiger partial charge in [0.25, 0.3) is 0 Å². The van der Waals surface area contributed by atoms with E-state index in [1.54, 1.807) is 13.8 Å². The van der Waals surface area contributed by atoms with Gasteiger partial charge < -0.3 is 19.9 Å². The van der Waals surface area contributed by atoms with E-state index < -0.39 is 21.5 Å². The van der Waals surface area contributed by atoms with Crippen molar-refractivity contribution < 1.29 is 27.8 Å². The van der Waals surface area contributed by atoms with Gasteiger partial charge in [-0.1, -0.05) is 0 Å². The molecule has 1 atom stereocenters. The molecule has 1 aliphatic heterocycles. The maximum absolute atomic E-state index is 13.0. The lowest BCUT2D eigenvalue weighted by Crippen LogP contribution is -2.53. The average molecular weight is 376 g/mol. The summed E-state index contributed by atoms with van der Waals surface area (Å²) in [6.45, 7) is 2.88. The second-order valence-corrected chi connectivity index (χ2v) is 7.96. The third-order valence-electron chi connectivity index (χ3n) is 3.87. The second kappa shape index (κ2) is 7.79. The second-order valence-electron chi connectivity index (χ2n) is 6.09. The molecular formula is C14H24N4O6S. The molecule has 0 unspecified atom stereocenters. The zero-order valence-corrected chi connectivity index (χ0v) is 15.4. The number of methoxy groups -OCH3 is 1. The van der Waals surface area contributed by atoms with Gasteiger partial charge >= 0.3 is 0 Å². The number of aryl methyl sites for hydroxylation is 2. The van der Waals surface area contributed by atoms with E-state index in [0.717, 1.165) is 4.31 Å². The van der Waals surface area contributed by atoms with Crippen molar-refractivity contribution in [3.8, 4) is 0 Å². The first-order valence-electron chi connectivity index (χ1n) is 7.77. The fourth-order valence-electron chi connectivity index (χ4n) is 2.69. The predicted octanol–water partition coefficient (Wildman–Crippen LogP) is -1.46. The molecule has 0 bridgehead atoms. The van der Waals surface area contributed by atoms with E-state index in [0.29, 0.717) is 11.4 Å². The molecule has 142 valence electrons. The van der Waals surface area contributed by atoms with Crippen molar-refractivity contribution in [1.82, 2.24) is 19.8 Å². The SMILES string of the molecule is COCC(=O)NC[C@]1(O)COCCN(S(=O)(=O)c2c(C)n[nH]c2C)C1. The summed E-state index contributed by atoms with van der Waals surface area (Å²) in [5.74, 6) is -0.406. The zero-order valence-electron chi connectivity index (χ0n) is 14.5. The monoisotopic (exact) mass is 376 g/mol. The summed E-state index contributed by atoms with van der Waals surface area (Å²) in [6, 6.07) is 0. The zero-order chi connectivity index (χ0) is 18.7. The number of hydrogen-bond donors (Lipinski definition) is 3. The Kier molecular flexibility index (Phi) is 6.16. The van der Waals surface area contributed by atoms with Crippen LogP contribution >= 0.6 is 0 Å². The minimum absolute atomic E-state index is 0.0877. The number of β-amino-alcohol motifs (C(OH)–C–C–N with tert-alkyl or cyclic N) is 1. The molecule has 10 nitrogen and oxygen atoms in total. The normalized spacial score (nSPS) is 22.6. The Balaban J connectivity index is 2.19. The topological polar surface area (TPSA) is 134 Å². The van der Waals surface area contributed by atoms with Crippen molar-refractivity contribution in [3.63, 3.8) is 0 Å². The van der Waals surface area contributed by atoms with Gasteiger partial charge in [-0.3, -0.25) is 9.89 Å². The predicted molar refractivity (Wildman–Crippen MR) is 87.5 cm³/mol. The number of carbonyl (C=O) groups is 1. The minimum atomic E-state index is -3.86. The van der Waals surface area contributed by atoms with E-state index >= 15 is 0 Å². The number of amides is 1. The van der Waals surface area contributed by atoms with Crippen LogP contribution in [-0.2, 0) is 24.3 Å². The molecule has 1 fully saturated rings. The molecule has 0 saturated carbocycles. The van der Waals surface area contributed by atoms with Crippen molar-refractivity contribution in [2.24, 2.45) is 0 Å². The summed E-state index contributed by atoms with van der Waals surface area (Å²) in [5, 5.41) is 19.8. The number of ether oxygens (including phenoxy) is 2. The van der Waals surface area contributed by atoms with Gasteiger partial charge in [0.15, 0.2) is 0 Å². The Morgan fingerprint density at radius 2 is 2.24 bits per heavy atom. The van der Waals surface area contributed by atoms with Crippen LogP contribution in [0.15, 0.2) is 4.90 Å². The maximum Gasteiger partial charge on any atom is 0.246 e. The number of carbonyl (C=O) groups excluding carboxylic acids is 1. The maximum atomic E-state index is 13.0. The number of nitrogens with one attached hydrogen (secondary N) is 2. The van der Waals surface area contributed by atoms with Crippen LogP contribution < -0.4 is 5.32 Å². The highest BCUT2D eigenvalue weighted by Crippen LogP contribution is 2.24. The van der Waals surface area contributed by atoms with E-state index in [-0.39, 0.29) is 44.4 Å². The standard InChI is InChI=1S/C14H24N4O6S/c1-10-13(11(2)17-16-10)25(21,22)18-4-5-24-9-14(20,8-18)7-15-12(19)6-23-3/h20H,4-9H2,1-3H3,(H,15,19)(H,16,17)/t14-/m1/s1. The highest BCUT2D eigenvalue weighted by molar-refractivity contribution is 7.89. The third kappa shape index (κ3) is 4.55. The number of aromatic nitrogens is 2. The number of aromatic amines is 1. The van der Waals surface area contributed by atoms with Crippen molar-refractivity contribution in [2.45, 2.75) is 24.3 Å². The van der Waals surface area contributed by atoms with E-state index in [9.17, 15) is 18.3 Å². The first-order chi connectivity index (χ1) is 11.7. The van der Waals surface area contributed by atoms with Crippen LogP contribution in [0, 0.1) is 13.8 Å². The van der Waals surface area contributed by atoms with Crippen molar-refractivity contribution in [1.29, 1.82) is 0 Å². The number of rotatable bonds is 6. The Morgan fingerprint density at radius 1 is 1.52 bits per heavy atom. The fraction of sp³-hybridized carbons (Fsp3) is 0.714. The van der Waals surface area contributed by atoms with E-state index in [1.165, 1.54) is 7.11 Å². The fourth-order valence-corrected chi connectivity index (χ4v) is 4.52. The van der Waals surface area contributed by atoms with E-state index in [2.05, 4.69) is 15.5 Å². The Hall–Kier alpha value is -1.53. The molecule has 1 aliphatic rings. The number of aliphatic hydroxyl groups is 1. The quantitative estimate of drug-likeness (QED) is 0.552. The van der Waals surface area contributed by atoms with Crippen LogP contribution in [0.2, 0.25) is 0 Å². The lowest BCUT2D eigenvalue weighted by Gasteiger charge is -2.30. The van der Waals surface area contributed by atoms with Crippen molar-refractivity contribution in [3.05, 3.63) is 11.4 Å². The molecule has 2 heterocycles. The number of sulfonamides is 1. The molecule has 25 heavy (non-hydrogen) atoms. The van der Waals surface area contributed by atoms with Gasteiger partial charge in [0.05, 0.1) is 24.6 Å². The van der Waals surface area contributed by atoms with Gasteiger partial charge in [0, 0.05) is 26.7 Å². The van der Waals surface area contributed by atoms with Gasteiger partial charge in [0.1, 0.15) is 17.1 Å². The number of hydrogen-bond acceptors (Lipinski definition) is 7. The van der Waals surface area contributed by atoms with Crippen LogP contribution in [0.3, 0.4) is 0 Å². The molecule has 1 aromatic rings. The molecule has 0 spiro atoms. The van der Waals surface area contributed by atoms with Crippen LogP contribution in [0.4, 0.5) is 0 Å². The average Bonchev–Trinajstić information content (AvgIpc) is 2.76. The number of nitrogens with zero attached hydrogens (tertiary/aromatic N) is 2. The Bertz CT molecular complexity index is 699. The molecule has 1 aromatic heterocycles. The van der Waals surface area contributed by atoms with Crippen LogP contribution in [0.25, 0.3) is 0 Å². The van der Waals surface area contributed by atoms with Crippen LogP contribution in [-0.4, -0.2) is 86.1 Å². The molecule has 0 aliphatic carbocycles. The summed E-state index contributed by atoms with van der Waals surface area (Å²) >= 11 is 0. The number of H-pyrrole nitrogens is 1. The van der Waals surface area contributed by atoms with Gasteiger partial charge in [-0.2, -0.15) is 9.40 Å². The Morgan fingerprint density at radius 3 is 2.84 bits per heavy atom. The molecule has 11 heteroatoms. The molecule has 0 aromatic carbocycles. The summed E-state index contributed by atoms with van der Waals surface area (Å²) in [4.78, 5) is 11.6. The Labute approximate surface area is 146 Å². The van der Waals surface area contributed by atoms with Gasteiger partial charge in [-0.25, -0.2) is 8.42 Å². The van der Waals surface area contributed by atoms with Gasteiger partial charge in [-0.15, -0.1) is 0 Å². The highest BCUT2D eigenvalue weighted by Gasteiger charge is 2.39. The summed E-state index contributed by atoms with van der Waals surface area (Å²) < 4.78 is 37.1. The first-order valence-corrected chi connectivity index (χ1v) is 9.21. The lowest BCUT2D eigenvalue weighted by molar-refractivity contribution is -0.126. The molecule has 0 radical (unpaired) electrons. The first kappa shape index (κ1) is 19.8. The van der Waals surface area contributed by atoms with Crippen molar-refractivity contribution >= 4 is 15.9 Å². The van der Waals surface area contributed by atoms with Gasteiger partial charge in [0.2, 0.25) is 15.9 Å². The minimum Gasteiger partial charge on any atom is -0.384 e. The summed E-state index contributed by atoms with van der Waals surface area (Å²) in [7, 11) is -2.48. The summed E-state index contributed by atoms with van der Waals surface area (Å²) in [5.41, 5.74) is -0.752.